The lowest BCUT2D eigenvalue weighted by Gasteiger charge is -2.08. The summed E-state index contributed by atoms with van der Waals surface area (Å²) in [7, 11) is 1.53. The monoisotopic (exact) mass is 270 g/mol. The quantitative estimate of drug-likeness (QED) is 0.791. The van der Waals surface area contributed by atoms with Crippen molar-refractivity contribution in [1.29, 1.82) is 0 Å². The van der Waals surface area contributed by atoms with Crippen molar-refractivity contribution in [3.63, 3.8) is 0 Å². The van der Waals surface area contributed by atoms with Crippen molar-refractivity contribution in [2.75, 3.05) is 20.2 Å². The normalized spacial score (nSPS) is 9.72. The number of nitrogens with one attached hydrogen (secondary N) is 2. The van der Waals surface area contributed by atoms with E-state index in [0.29, 0.717) is 29.4 Å². The fraction of sp³-hybridized carbons (Fsp3) is 0.333. The third-order valence-electron chi connectivity index (χ3n) is 2.21. The Kier molecular flexibility index (Phi) is 5.45. The van der Waals surface area contributed by atoms with Crippen molar-refractivity contribution in [3.8, 4) is 5.75 Å². The molecule has 0 saturated carbocycles. The minimum Gasteiger partial charge on any atom is -0.497 e. The molecule has 0 aliphatic rings. The van der Waals surface area contributed by atoms with Crippen LogP contribution in [0.3, 0.4) is 0 Å². The summed E-state index contributed by atoms with van der Waals surface area (Å²) in [5.41, 5.74) is 0.375. The van der Waals surface area contributed by atoms with Gasteiger partial charge in [-0.25, -0.2) is 0 Å². The summed E-state index contributed by atoms with van der Waals surface area (Å²) in [4.78, 5) is 22.4. The van der Waals surface area contributed by atoms with Crippen LogP contribution in [0.5, 0.6) is 5.75 Å². The predicted octanol–water partition coefficient (Wildman–Crippen LogP) is 1.21. The highest BCUT2D eigenvalue weighted by Crippen LogP contribution is 2.22. The van der Waals surface area contributed by atoms with Crippen molar-refractivity contribution in [2.24, 2.45) is 0 Å². The topological polar surface area (TPSA) is 67.4 Å². The largest absolute Gasteiger partial charge is 0.497 e. The third kappa shape index (κ3) is 4.25. The van der Waals surface area contributed by atoms with E-state index in [1.807, 2.05) is 0 Å². The van der Waals surface area contributed by atoms with Gasteiger partial charge in [0.25, 0.3) is 5.91 Å². The second-order valence-corrected chi connectivity index (χ2v) is 3.99. The first-order chi connectivity index (χ1) is 8.54. The Bertz CT molecular complexity index is 449. The Morgan fingerprint density at radius 1 is 1.28 bits per heavy atom. The molecule has 0 aliphatic heterocycles. The number of halogens is 1. The van der Waals surface area contributed by atoms with Crippen LogP contribution in [0.25, 0.3) is 0 Å². The van der Waals surface area contributed by atoms with Gasteiger partial charge in [0.2, 0.25) is 5.91 Å². The maximum Gasteiger partial charge on any atom is 0.252 e. The van der Waals surface area contributed by atoms with E-state index in [1.165, 1.54) is 14.0 Å². The average Bonchev–Trinajstić information content (AvgIpc) is 2.33. The zero-order valence-corrected chi connectivity index (χ0v) is 11.0. The van der Waals surface area contributed by atoms with Crippen LogP contribution >= 0.6 is 11.6 Å². The van der Waals surface area contributed by atoms with Gasteiger partial charge < -0.3 is 15.4 Å². The second kappa shape index (κ2) is 6.86. The highest BCUT2D eigenvalue weighted by atomic mass is 35.5. The Morgan fingerprint density at radius 3 is 2.50 bits per heavy atom. The van der Waals surface area contributed by atoms with Gasteiger partial charge in [0, 0.05) is 20.0 Å². The molecule has 98 valence electrons. The first-order valence-corrected chi connectivity index (χ1v) is 5.78. The minimum atomic E-state index is -0.284. The summed E-state index contributed by atoms with van der Waals surface area (Å²) in [6.07, 6.45) is 0. The maximum absolute atomic E-state index is 11.8. The van der Waals surface area contributed by atoms with Crippen LogP contribution in [-0.2, 0) is 4.79 Å². The highest BCUT2D eigenvalue weighted by molar-refractivity contribution is 6.34. The lowest BCUT2D eigenvalue weighted by Crippen LogP contribution is -2.33. The van der Waals surface area contributed by atoms with Gasteiger partial charge in [0.05, 0.1) is 17.7 Å². The molecule has 1 aromatic rings. The van der Waals surface area contributed by atoms with Crippen molar-refractivity contribution in [3.05, 3.63) is 28.8 Å². The van der Waals surface area contributed by atoms with Crippen LogP contribution in [0.15, 0.2) is 18.2 Å². The number of hydrogen-bond donors (Lipinski definition) is 2. The molecule has 0 bridgehead atoms. The van der Waals surface area contributed by atoms with Gasteiger partial charge >= 0.3 is 0 Å². The molecule has 18 heavy (non-hydrogen) atoms. The minimum absolute atomic E-state index is 0.133. The number of ether oxygens (including phenoxy) is 1. The molecule has 0 atom stereocenters. The van der Waals surface area contributed by atoms with Gasteiger partial charge in [-0.2, -0.15) is 0 Å². The van der Waals surface area contributed by atoms with Crippen molar-refractivity contribution in [1.82, 2.24) is 10.6 Å². The van der Waals surface area contributed by atoms with Crippen LogP contribution in [0.1, 0.15) is 17.3 Å². The summed E-state index contributed by atoms with van der Waals surface area (Å²) < 4.78 is 4.99. The fourth-order valence-corrected chi connectivity index (χ4v) is 1.57. The third-order valence-corrected chi connectivity index (χ3v) is 2.52. The molecule has 1 rings (SSSR count). The van der Waals surface area contributed by atoms with Crippen LogP contribution in [0, 0.1) is 0 Å². The summed E-state index contributed by atoms with van der Waals surface area (Å²) in [5.74, 6) is 0.175. The van der Waals surface area contributed by atoms with Crippen molar-refractivity contribution >= 4 is 23.4 Å². The van der Waals surface area contributed by atoms with E-state index in [2.05, 4.69) is 10.6 Å². The van der Waals surface area contributed by atoms with Gasteiger partial charge in [0.1, 0.15) is 5.75 Å². The summed E-state index contributed by atoms with van der Waals surface area (Å²) in [6, 6.07) is 4.83. The van der Waals surface area contributed by atoms with Crippen molar-refractivity contribution in [2.45, 2.75) is 6.92 Å². The number of hydrogen-bond acceptors (Lipinski definition) is 3. The van der Waals surface area contributed by atoms with Crippen molar-refractivity contribution < 1.29 is 14.3 Å². The van der Waals surface area contributed by atoms with E-state index < -0.39 is 0 Å². The van der Waals surface area contributed by atoms with Gasteiger partial charge in [-0.3, -0.25) is 9.59 Å². The zero-order valence-electron chi connectivity index (χ0n) is 10.2. The van der Waals surface area contributed by atoms with E-state index >= 15 is 0 Å². The smallest absolute Gasteiger partial charge is 0.252 e. The molecule has 0 fully saturated rings. The molecule has 1 aromatic carbocycles. The van der Waals surface area contributed by atoms with E-state index in [-0.39, 0.29) is 11.8 Å². The number of amides is 2. The van der Waals surface area contributed by atoms with Crippen LogP contribution < -0.4 is 15.4 Å². The number of methoxy groups -OCH3 is 1. The molecule has 2 amide bonds. The fourth-order valence-electron chi connectivity index (χ4n) is 1.32. The van der Waals surface area contributed by atoms with Gasteiger partial charge in [0.15, 0.2) is 0 Å². The first kappa shape index (κ1) is 14.3. The molecule has 5 nitrogen and oxygen atoms in total. The summed E-state index contributed by atoms with van der Waals surface area (Å²) in [5, 5.41) is 5.56. The van der Waals surface area contributed by atoms with Crippen LogP contribution in [0.2, 0.25) is 5.02 Å². The SMILES string of the molecule is COc1ccc(C(=O)NCCNC(C)=O)c(Cl)c1. The second-order valence-electron chi connectivity index (χ2n) is 3.58. The molecule has 0 heterocycles. The molecule has 2 N–H and O–H groups in total. The van der Waals surface area contributed by atoms with E-state index in [4.69, 9.17) is 16.3 Å². The Morgan fingerprint density at radius 2 is 1.94 bits per heavy atom. The summed E-state index contributed by atoms with van der Waals surface area (Å²) >= 11 is 5.96. The maximum atomic E-state index is 11.8. The molecule has 0 spiro atoms. The van der Waals surface area contributed by atoms with Gasteiger partial charge in [-0.15, -0.1) is 0 Å². The molecule has 0 aromatic heterocycles. The molecule has 6 heteroatoms. The highest BCUT2D eigenvalue weighted by Gasteiger charge is 2.10. The first-order valence-electron chi connectivity index (χ1n) is 5.40. The predicted molar refractivity (Wildman–Crippen MR) is 69.0 cm³/mol. The van der Waals surface area contributed by atoms with Gasteiger partial charge in [-0.05, 0) is 18.2 Å². The molecule has 0 aliphatic carbocycles. The molecule has 0 radical (unpaired) electrons. The Hall–Kier alpha value is -1.75. The molecule has 0 saturated heterocycles. The number of carbonyl (C=O) groups excluding carboxylic acids is 2. The Labute approximate surface area is 110 Å². The van der Waals surface area contributed by atoms with Crippen LogP contribution in [0.4, 0.5) is 0 Å². The molecular formula is C12H15ClN2O3. The van der Waals surface area contributed by atoms with E-state index in [0.717, 1.165) is 0 Å². The number of benzene rings is 1. The molecule has 0 unspecified atom stereocenters. The van der Waals surface area contributed by atoms with Gasteiger partial charge in [-0.1, -0.05) is 11.6 Å². The van der Waals surface area contributed by atoms with E-state index in [9.17, 15) is 9.59 Å². The lowest BCUT2D eigenvalue weighted by atomic mass is 10.2. The standard InChI is InChI=1S/C12H15ClN2O3/c1-8(16)14-5-6-15-12(17)10-4-3-9(18-2)7-11(10)13/h3-4,7H,5-6H2,1-2H3,(H,14,16)(H,15,17). The Balaban J connectivity index is 2.54. The number of carbonyl (C=O) groups is 2. The summed E-state index contributed by atoms with van der Waals surface area (Å²) in [6.45, 7) is 2.15. The molecular weight excluding hydrogens is 256 g/mol. The average molecular weight is 271 g/mol. The van der Waals surface area contributed by atoms with Crippen LogP contribution in [-0.4, -0.2) is 32.0 Å². The van der Waals surface area contributed by atoms with E-state index in [1.54, 1.807) is 18.2 Å². The zero-order chi connectivity index (χ0) is 13.5. The lowest BCUT2D eigenvalue weighted by molar-refractivity contribution is -0.118. The number of rotatable bonds is 5.